The Morgan fingerprint density at radius 3 is 2.68 bits per heavy atom. The Morgan fingerprint density at radius 1 is 1.32 bits per heavy atom. The molecule has 1 atom stereocenters. The summed E-state index contributed by atoms with van der Waals surface area (Å²) in [7, 11) is 0. The molecule has 2 aromatic rings. The Bertz CT molecular complexity index is 874. The largest absolute Gasteiger partial charge is 0.370 e. The number of ether oxygens (including phenoxy) is 1. The zero-order chi connectivity index (χ0) is 20.1. The maximum atomic E-state index is 12.2. The molecule has 1 aromatic heterocycles. The van der Waals surface area contributed by atoms with E-state index in [0.29, 0.717) is 28.2 Å². The topological polar surface area (TPSA) is 99.2 Å². The number of hydrogen-bond acceptors (Lipinski definition) is 5. The van der Waals surface area contributed by atoms with Crippen LogP contribution in [0.1, 0.15) is 6.42 Å². The Hall–Kier alpha value is -1.98. The van der Waals surface area contributed by atoms with Gasteiger partial charge in [-0.25, -0.2) is 4.21 Å². The van der Waals surface area contributed by atoms with E-state index in [2.05, 4.69) is 5.32 Å². The highest BCUT2D eigenvalue weighted by Crippen LogP contribution is 2.30. The number of amides is 2. The number of morpholine rings is 1. The van der Waals surface area contributed by atoms with Crippen LogP contribution in [0.2, 0.25) is 4.34 Å². The monoisotopic (exact) mass is 443 g/mol. The standard InChI is InChI=1S/C17H18ClN3O5S2/c18-14-5-6-17(27-14)21(28(24)25)8-7-15(22)19-12-1-3-13(4-2-12)20-9-10-26-11-16(20)23/h1-6H,7-11H2,(H,19,22)(H,24,25). The summed E-state index contributed by atoms with van der Waals surface area (Å²) in [5.74, 6) is -0.401. The van der Waals surface area contributed by atoms with Gasteiger partial charge < -0.3 is 15.0 Å². The van der Waals surface area contributed by atoms with Crippen molar-refractivity contribution in [3.8, 4) is 0 Å². The summed E-state index contributed by atoms with van der Waals surface area (Å²) in [5, 5.41) is 3.25. The minimum Gasteiger partial charge on any atom is -0.370 e. The average molecular weight is 444 g/mol. The van der Waals surface area contributed by atoms with Gasteiger partial charge in [0.05, 0.1) is 10.9 Å². The molecule has 0 aliphatic carbocycles. The molecule has 0 saturated carbocycles. The van der Waals surface area contributed by atoms with Crippen LogP contribution in [0.5, 0.6) is 0 Å². The molecule has 0 spiro atoms. The van der Waals surface area contributed by atoms with Gasteiger partial charge in [0, 0.05) is 30.9 Å². The third-order valence-corrected chi connectivity index (χ3v) is 6.11. The average Bonchev–Trinajstić information content (AvgIpc) is 3.09. The van der Waals surface area contributed by atoms with Crippen LogP contribution >= 0.6 is 22.9 Å². The van der Waals surface area contributed by atoms with Crippen LogP contribution in [0.4, 0.5) is 16.4 Å². The first-order valence-corrected chi connectivity index (χ1v) is 10.6. The Kier molecular flexibility index (Phi) is 7.03. The van der Waals surface area contributed by atoms with Gasteiger partial charge in [0.25, 0.3) is 17.2 Å². The molecule has 3 rings (SSSR count). The van der Waals surface area contributed by atoms with Gasteiger partial charge in [-0.3, -0.25) is 18.4 Å². The van der Waals surface area contributed by atoms with E-state index in [1.807, 2.05) is 0 Å². The number of benzene rings is 1. The molecule has 150 valence electrons. The Balaban J connectivity index is 1.55. The normalized spacial score (nSPS) is 15.4. The van der Waals surface area contributed by atoms with Gasteiger partial charge in [0.15, 0.2) is 0 Å². The maximum absolute atomic E-state index is 12.2. The third kappa shape index (κ3) is 5.30. The third-order valence-electron chi connectivity index (χ3n) is 3.98. The number of nitrogens with one attached hydrogen (secondary N) is 1. The van der Waals surface area contributed by atoms with Crippen LogP contribution in [-0.2, 0) is 25.6 Å². The second-order valence-corrected chi connectivity index (χ2v) is 8.45. The molecule has 2 amide bonds. The van der Waals surface area contributed by atoms with Crippen molar-refractivity contribution in [1.82, 2.24) is 0 Å². The van der Waals surface area contributed by atoms with Gasteiger partial charge in [-0.05, 0) is 36.4 Å². The fraction of sp³-hybridized carbons (Fsp3) is 0.294. The number of rotatable bonds is 7. The number of anilines is 3. The first-order chi connectivity index (χ1) is 13.4. The van der Waals surface area contributed by atoms with E-state index in [0.717, 1.165) is 17.0 Å². The van der Waals surface area contributed by atoms with Crippen molar-refractivity contribution >= 4 is 62.4 Å². The summed E-state index contributed by atoms with van der Waals surface area (Å²) >= 11 is 4.76. The van der Waals surface area contributed by atoms with Gasteiger partial charge in [-0.1, -0.05) is 11.6 Å². The van der Waals surface area contributed by atoms with Crippen LogP contribution in [0.3, 0.4) is 0 Å². The number of carbonyl (C=O) groups excluding carboxylic acids is 2. The molecule has 11 heteroatoms. The molecule has 0 bridgehead atoms. The zero-order valence-electron chi connectivity index (χ0n) is 14.7. The molecule has 28 heavy (non-hydrogen) atoms. The number of nitrogens with zero attached hydrogens (tertiary/aromatic N) is 2. The fourth-order valence-corrected chi connectivity index (χ4v) is 4.38. The lowest BCUT2D eigenvalue weighted by molar-refractivity contribution is -0.125. The van der Waals surface area contributed by atoms with Gasteiger partial charge in [-0.15, -0.1) is 11.3 Å². The van der Waals surface area contributed by atoms with Crippen LogP contribution < -0.4 is 14.5 Å². The van der Waals surface area contributed by atoms with Crippen molar-refractivity contribution in [2.75, 3.05) is 40.8 Å². The Labute approximate surface area is 173 Å². The van der Waals surface area contributed by atoms with E-state index in [4.69, 9.17) is 16.3 Å². The van der Waals surface area contributed by atoms with Crippen LogP contribution in [-0.4, -0.2) is 46.9 Å². The lowest BCUT2D eigenvalue weighted by Crippen LogP contribution is -2.41. The van der Waals surface area contributed by atoms with Gasteiger partial charge in [0.2, 0.25) is 5.91 Å². The maximum Gasteiger partial charge on any atom is 0.262 e. The summed E-state index contributed by atoms with van der Waals surface area (Å²) in [5.41, 5.74) is 1.31. The second-order valence-electron chi connectivity index (χ2n) is 5.85. The number of hydrogen-bond donors (Lipinski definition) is 2. The van der Waals surface area contributed by atoms with E-state index in [1.54, 1.807) is 41.3 Å². The summed E-state index contributed by atoms with van der Waals surface area (Å²) in [4.78, 5) is 25.7. The molecule has 1 aliphatic rings. The Morgan fingerprint density at radius 2 is 2.07 bits per heavy atom. The van der Waals surface area contributed by atoms with E-state index in [9.17, 15) is 18.4 Å². The predicted octanol–water partition coefficient (Wildman–Crippen LogP) is 2.74. The van der Waals surface area contributed by atoms with Crippen molar-refractivity contribution in [2.24, 2.45) is 0 Å². The number of halogens is 1. The molecule has 1 fully saturated rings. The quantitative estimate of drug-likeness (QED) is 0.641. The van der Waals surface area contributed by atoms with Crippen molar-refractivity contribution in [3.63, 3.8) is 0 Å². The molecule has 1 aliphatic heterocycles. The van der Waals surface area contributed by atoms with Crippen molar-refractivity contribution < 1.29 is 23.1 Å². The first kappa shape index (κ1) is 20.7. The second kappa shape index (κ2) is 9.48. The molecular formula is C17H18ClN3O5S2. The van der Waals surface area contributed by atoms with Crippen LogP contribution in [0.15, 0.2) is 36.4 Å². The van der Waals surface area contributed by atoms with E-state index >= 15 is 0 Å². The molecule has 1 unspecified atom stereocenters. The smallest absolute Gasteiger partial charge is 0.262 e. The summed E-state index contributed by atoms with van der Waals surface area (Å²) in [6.45, 7) is 1.11. The molecule has 2 N–H and O–H groups in total. The van der Waals surface area contributed by atoms with Gasteiger partial charge >= 0.3 is 0 Å². The molecule has 2 heterocycles. The lowest BCUT2D eigenvalue weighted by atomic mass is 10.2. The summed E-state index contributed by atoms with van der Waals surface area (Å²) in [6, 6.07) is 10.2. The first-order valence-electron chi connectivity index (χ1n) is 8.36. The fourth-order valence-electron chi connectivity index (χ4n) is 2.65. The number of thiophene rings is 1. The van der Waals surface area contributed by atoms with Crippen LogP contribution in [0.25, 0.3) is 0 Å². The van der Waals surface area contributed by atoms with Gasteiger partial charge in [-0.2, -0.15) is 0 Å². The summed E-state index contributed by atoms with van der Waals surface area (Å²) < 4.78 is 27.8. The minimum absolute atomic E-state index is 0.0194. The molecule has 1 saturated heterocycles. The van der Waals surface area contributed by atoms with Crippen molar-refractivity contribution in [2.45, 2.75) is 6.42 Å². The zero-order valence-corrected chi connectivity index (χ0v) is 17.1. The van der Waals surface area contributed by atoms with E-state index in [-0.39, 0.29) is 31.4 Å². The predicted molar refractivity (Wildman–Crippen MR) is 110 cm³/mol. The van der Waals surface area contributed by atoms with Gasteiger partial charge in [0.1, 0.15) is 11.6 Å². The molecule has 1 aromatic carbocycles. The van der Waals surface area contributed by atoms with E-state index in [1.165, 1.54) is 4.31 Å². The molecule has 0 radical (unpaired) electrons. The highest BCUT2D eigenvalue weighted by molar-refractivity contribution is 7.81. The highest BCUT2D eigenvalue weighted by atomic mass is 35.5. The molecular weight excluding hydrogens is 426 g/mol. The summed E-state index contributed by atoms with van der Waals surface area (Å²) in [6.07, 6.45) is 0.0194. The van der Waals surface area contributed by atoms with Crippen LogP contribution in [0, 0.1) is 0 Å². The van der Waals surface area contributed by atoms with Crippen molar-refractivity contribution in [3.05, 3.63) is 40.7 Å². The highest BCUT2D eigenvalue weighted by Gasteiger charge is 2.20. The lowest BCUT2D eigenvalue weighted by Gasteiger charge is -2.26. The SMILES string of the molecule is O=C(CCN(c1ccc(Cl)s1)S(=O)O)Nc1ccc(N2CCOCC2=O)cc1. The van der Waals surface area contributed by atoms with Crippen molar-refractivity contribution in [1.29, 1.82) is 0 Å². The number of carbonyl (C=O) groups is 2. The van der Waals surface area contributed by atoms with E-state index < -0.39 is 11.3 Å². The minimum atomic E-state index is -2.26. The molecule has 8 nitrogen and oxygen atoms in total.